The van der Waals surface area contributed by atoms with Gasteiger partial charge in [0.25, 0.3) is 5.56 Å². The first-order chi connectivity index (χ1) is 12.9. The SMILES string of the molecule is CCC(C(=O)Nc1ccc(C(C)C)cc1C)n1nnc2ccccc2c1=O. The first kappa shape index (κ1) is 18.8. The number of anilines is 1. The molecule has 3 rings (SSSR count). The van der Waals surface area contributed by atoms with Gasteiger partial charge in [0.15, 0.2) is 0 Å². The molecule has 0 saturated heterocycles. The number of aryl methyl sites for hydroxylation is 1. The zero-order valence-corrected chi connectivity index (χ0v) is 16.1. The van der Waals surface area contributed by atoms with Crippen LogP contribution in [0, 0.1) is 6.92 Å². The molecule has 0 bridgehead atoms. The number of rotatable bonds is 5. The molecule has 1 aromatic heterocycles. The summed E-state index contributed by atoms with van der Waals surface area (Å²) in [7, 11) is 0. The fourth-order valence-corrected chi connectivity index (χ4v) is 3.08. The summed E-state index contributed by atoms with van der Waals surface area (Å²) >= 11 is 0. The lowest BCUT2D eigenvalue weighted by Gasteiger charge is -2.18. The lowest BCUT2D eigenvalue weighted by molar-refractivity contribution is -0.119. The maximum absolute atomic E-state index is 12.9. The van der Waals surface area contributed by atoms with Gasteiger partial charge < -0.3 is 5.32 Å². The van der Waals surface area contributed by atoms with Crippen LogP contribution in [0.25, 0.3) is 10.9 Å². The molecule has 6 nitrogen and oxygen atoms in total. The number of fused-ring (bicyclic) bond motifs is 1. The summed E-state index contributed by atoms with van der Waals surface area (Å²) in [5, 5.41) is 11.5. The van der Waals surface area contributed by atoms with E-state index in [2.05, 4.69) is 35.5 Å². The van der Waals surface area contributed by atoms with Gasteiger partial charge in [-0.25, -0.2) is 0 Å². The van der Waals surface area contributed by atoms with E-state index in [1.807, 2.05) is 26.0 Å². The van der Waals surface area contributed by atoms with E-state index in [1.165, 1.54) is 10.2 Å². The van der Waals surface area contributed by atoms with Crippen LogP contribution in [-0.4, -0.2) is 20.9 Å². The number of carbonyl (C=O) groups is 1. The van der Waals surface area contributed by atoms with E-state index in [0.29, 0.717) is 23.2 Å². The number of hydrogen-bond donors (Lipinski definition) is 1. The molecule has 0 aliphatic heterocycles. The van der Waals surface area contributed by atoms with Gasteiger partial charge in [-0.05, 0) is 48.6 Å². The van der Waals surface area contributed by atoms with Crippen molar-refractivity contribution in [2.45, 2.75) is 46.1 Å². The molecular formula is C21H24N4O2. The second-order valence-electron chi connectivity index (χ2n) is 7.00. The molecule has 0 spiro atoms. The molecule has 1 amide bonds. The Morgan fingerprint density at radius 2 is 1.93 bits per heavy atom. The van der Waals surface area contributed by atoms with Crippen LogP contribution in [0.3, 0.4) is 0 Å². The minimum absolute atomic E-state index is 0.274. The minimum atomic E-state index is -0.723. The number of carbonyl (C=O) groups excluding carboxylic acids is 1. The molecule has 3 aromatic rings. The van der Waals surface area contributed by atoms with Crippen molar-refractivity contribution >= 4 is 22.5 Å². The van der Waals surface area contributed by atoms with Crippen molar-refractivity contribution in [3.8, 4) is 0 Å². The van der Waals surface area contributed by atoms with Crippen molar-refractivity contribution in [2.75, 3.05) is 5.32 Å². The molecular weight excluding hydrogens is 340 g/mol. The quantitative estimate of drug-likeness (QED) is 0.747. The van der Waals surface area contributed by atoms with Crippen LogP contribution in [0.5, 0.6) is 0 Å². The maximum Gasteiger partial charge on any atom is 0.278 e. The van der Waals surface area contributed by atoms with E-state index >= 15 is 0 Å². The van der Waals surface area contributed by atoms with Crippen molar-refractivity contribution in [3.63, 3.8) is 0 Å². The van der Waals surface area contributed by atoms with E-state index in [9.17, 15) is 9.59 Å². The zero-order valence-electron chi connectivity index (χ0n) is 16.1. The summed E-state index contributed by atoms with van der Waals surface area (Å²) in [6, 6.07) is 12.3. The van der Waals surface area contributed by atoms with Crippen LogP contribution in [0.2, 0.25) is 0 Å². The fraction of sp³-hybridized carbons (Fsp3) is 0.333. The average Bonchev–Trinajstić information content (AvgIpc) is 2.66. The highest BCUT2D eigenvalue weighted by molar-refractivity contribution is 5.94. The summed E-state index contributed by atoms with van der Waals surface area (Å²) < 4.78 is 1.18. The molecule has 1 atom stereocenters. The van der Waals surface area contributed by atoms with Gasteiger partial charge in [0.05, 0.1) is 5.39 Å². The second-order valence-corrected chi connectivity index (χ2v) is 7.00. The monoisotopic (exact) mass is 364 g/mol. The predicted molar refractivity (Wildman–Crippen MR) is 107 cm³/mol. The van der Waals surface area contributed by atoms with Crippen LogP contribution >= 0.6 is 0 Å². The summed E-state index contributed by atoms with van der Waals surface area (Å²) in [4.78, 5) is 25.6. The van der Waals surface area contributed by atoms with Crippen LogP contribution in [0.4, 0.5) is 5.69 Å². The van der Waals surface area contributed by atoms with Crippen LogP contribution in [0.1, 0.15) is 50.3 Å². The third-order valence-corrected chi connectivity index (χ3v) is 4.75. The van der Waals surface area contributed by atoms with E-state index < -0.39 is 6.04 Å². The molecule has 1 heterocycles. The van der Waals surface area contributed by atoms with Gasteiger partial charge in [0.2, 0.25) is 5.91 Å². The zero-order chi connectivity index (χ0) is 19.6. The maximum atomic E-state index is 12.9. The Kier molecular flexibility index (Phi) is 5.35. The smallest absolute Gasteiger partial charge is 0.278 e. The Hall–Kier alpha value is -3.02. The van der Waals surface area contributed by atoms with Crippen LogP contribution in [-0.2, 0) is 4.79 Å². The third-order valence-electron chi connectivity index (χ3n) is 4.75. The number of hydrogen-bond acceptors (Lipinski definition) is 4. The average molecular weight is 364 g/mol. The highest BCUT2D eigenvalue weighted by Gasteiger charge is 2.23. The predicted octanol–water partition coefficient (Wildman–Crippen LogP) is 3.81. The molecule has 27 heavy (non-hydrogen) atoms. The van der Waals surface area contributed by atoms with Gasteiger partial charge in [0.1, 0.15) is 11.6 Å². The van der Waals surface area contributed by atoms with Gasteiger partial charge in [0, 0.05) is 5.69 Å². The molecule has 1 N–H and O–H groups in total. The van der Waals surface area contributed by atoms with Crippen molar-refractivity contribution in [2.24, 2.45) is 0 Å². The van der Waals surface area contributed by atoms with Gasteiger partial charge in [-0.1, -0.05) is 50.3 Å². The summed E-state index contributed by atoms with van der Waals surface area (Å²) in [5.41, 5.74) is 3.16. The Bertz CT molecular complexity index is 1040. The van der Waals surface area contributed by atoms with Crippen molar-refractivity contribution in [1.82, 2.24) is 15.0 Å². The van der Waals surface area contributed by atoms with Gasteiger partial charge >= 0.3 is 0 Å². The Morgan fingerprint density at radius 3 is 2.59 bits per heavy atom. The molecule has 0 radical (unpaired) electrons. The van der Waals surface area contributed by atoms with Crippen LogP contribution < -0.4 is 10.9 Å². The Labute approximate surface area is 158 Å². The standard InChI is InChI=1S/C21H24N4O2/c1-5-19(25-21(27)16-8-6-7-9-18(16)23-24-25)20(26)22-17-11-10-15(13(2)3)12-14(17)4/h6-13,19H,5H2,1-4H3,(H,22,26). The molecule has 0 fully saturated rings. The number of aromatic nitrogens is 3. The first-order valence-corrected chi connectivity index (χ1v) is 9.18. The molecule has 6 heteroatoms. The van der Waals surface area contributed by atoms with E-state index in [4.69, 9.17) is 0 Å². The topological polar surface area (TPSA) is 76.9 Å². The van der Waals surface area contributed by atoms with Crippen molar-refractivity contribution in [3.05, 3.63) is 63.9 Å². The van der Waals surface area contributed by atoms with E-state index in [0.717, 1.165) is 11.3 Å². The highest BCUT2D eigenvalue weighted by atomic mass is 16.2. The minimum Gasteiger partial charge on any atom is -0.324 e. The second kappa shape index (κ2) is 7.70. The van der Waals surface area contributed by atoms with Crippen molar-refractivity contribution in [1.29, 1.82) is 0 Å². The lowest BCUT2D eigenvalue weighted by Crippen LogP contribution is -2.35. The van der Waals surface area contributed by atoms with Gasteiger partial charge in [-0.2, -0.15) is 4.68 Å². The largest absolute Gasteiger partial charge is 0.324 e. The summed E-state index contributed by atoms with van der Waals surface area (Å²) in [6.45, 7) is 8.07. The van der Waals surface area contributed by atoms with Gasteiger partial charge in [-0.15, -0.1) is 5.10 Å². The number of amides is 1. The fourth-order valence-electron chi connectivity index (χ4n) is 3.08. The van der Waals surface area contributed by atoms with Crippen LogP contribution in [0.15, 0.2) is 47.3 Å². The number of nitrogens with one attached hydrogen (secondary N) is 1. The highest BCUT2D eigenvalue weighted by Crippen LogP contribution is 2.23. The Morgan fingerprint density at radius 1 is 1.19 bits per heavy atom. The normalized spacial score (nSPS) is 12.3. The van der Waals surface area contributed by atoms with Gasteiger partial charge in [-0.3, -0.25) is 9.59 Å². The molecule has 140 valence electrons. The molecule has 0 saturated carbocycles. The number of nitrogens with zero attached hydrogens (tertiary/aromatic N) is 3. The van der Waals surface area contributed by atoms with E-state index in [-0.39, 0.29) is 11.5 Å². The Balaban J connectivity index is 1.91. The third kappa shape index (κ3) is 3.74. The first-order valence-electron chi connectivity index (χ1n) is 9.18. The molecule has 0 aliphatic rings. The summed E-state index contributed by atoms with van der Waals surface area (Å²) in [5.74, 6) is 0.146. The molecule has 2 aromatic carbocycles. The lowest BCUT2D eigenvalue weighted by atomic mass is 10.00. The summed E-state index contributed by atoms with van der Waals surface area (Å²) in [6.07, 6.45) is 0.432. The van der Waals surface area contributed by atoms with E-state index in [1.54, 1.807) is 24.3 Å². The molecule has 1 unspecified atom stereocenters. The molecule has 0 aliphatic carbocycles. The number of benzene rings is 2. The van der Waals surface area contributed by atoms with Crippen molar-refractivity contribution < 1.29 is 4.79 Å².